The molecule has 7 heteroatoms. The summed E-state index contributed by atoms with van der Waals surface area (Å²) in [5.41, 5.74) is 0.911. The fourth-order valence-corrected chi connectivity index (χ4v) is 3.61. The first-order valence-corrected chi connectivity index (χ1v) is 8.59. The maximum absolute atomic E-state index is 9.69. The van der Waals surface area contributed by atoms with E-state index in [4.69, 9.17) is 27.9 Å². The normalized spacial score (nSPS) is 22.2. The molecule has 0 spiro atoms. The number of aliphatic hydroxyl groups excluding tert-OH is 1. The summed E-state index contributed by atoms with van der Waals surface area (Å²) < 4.78 is 5.12. The molecule has 23 heavy (non-hydrogen) atoms. The van der Waals surface area contributed by atoms with Crippen LogP contribution in [0.3, 0.4) is 0 Å². The minimum absolute atomic E-state index is 0.205. The Balaban J connectivity index is 1.95. The Morgan fingerprint density at radius 2 is 1.96 bits per heavy atom. The number of likely N-dealkylation sites (N-methyl/N-ethyl adjacent to an activating group) is 1. The van der Waals surface area contributed by atoms with Gasteiger partial charge in [0.25, 0.3) is 0 Å². The molecule has 1 saturated heterocycles. The van der Waals surface area contributed by atoms with Gasteiger partial charge in [0.1, 0.15) is 0 Å². The highest BCUT2D eigenvalue weighted by atomic mass is 35.5. The Kier molecular flexibility index (Phi) is 7.53. The van der Waals surface area contributed by atoms with Crippen molar-refractivity contribution in [1.29, 1.82) is 0 Å². The Hall–Kier alpha value is -0.430. The number of rotatable bonds is 8. The van der Waals surface area contributed by atoms with Gasteiger partial charge in [0.15, 0.2) is 0 Å². The Morgan fingerprint density at radius 1 is 1.30 bits per heavy atom. The molecule has 2 atom stereocenters. The quantitative estimate of drug-likeness (QED) is 0.767. The molecule has 1 aromatic heterocycles. The van der Waals surface area contributed by atoms with Crippen LogP contribution in [-0.4, -0.2) is 73.4 Å². The van der Waals surface area contributed by atoms with Gasteiger partial charge >= 0.3 is 0 Å². The molecule has 0 saturated carbocycles. The number of likely N-dealkylation sites (tertiary alicyclic amines) is 1. The molecule has 1 fully saturated rings. The van der Waals surface area contributed by atoms with Crippen LogP contribution in [0.1, 0.15) is 5.56 Å². The first-order valence-electron chi connectivity index (χ1n) is 7.83. The van der Waals surface area contributed by atoms with Crippen LogP contribution in [-0.2, 0) is 11.3 Å². The lowest BCUT2D eigenvalue weighted by molar-refractivity contribution is 0.136. The third-order valence-corrected chi connectivity index (χ3v) is 5.10. The Bertz CT molecular complexity index is 484. The van der Waals surface area contributed by atoms with Gasteiger partial charge in [0.05, 0.1) is 16.7 Å². The van der Waals surface area contributed by atoms with Crippen molar-refractivity contribution >= 4 is 23.2 Å². The van der Waals surface area contributed by atoms with E-state index in [1.165, 1.54) is 0 Å². The molecule has 1 N–H and O–H groups in total. The third kappa shape index (κ3) is 5.28. The highest BCUT2D eigenvalue weighted by Crippen LogP contribution is 2.29. The SMILES string of the molecule is COCCN(C)C[C@@H]1CN(Cc2c(Cl)cncc2Cl)C[C@@H]1CO. The average Bonchev–Trinajstić information content (AvgIpc) is 2.90. The summed E-state index contributed by atoms with van der Waals surface area (Å²) in [5, 5.41) is 10.9. The fraction of sp³-hybridized carbons (Fsp3) is 0.688. The summed E-state index contributed by atoms with van der Waals surface area (Å²) in [6.07, 6.45) is 3.25. The van der Waals surface area contributed by atoms with E-state index in [9.17, 15) is 5.11 Å². The molecular formula is C16H25Cl2N3O2. The molecule has 1 aromatic rings. The summed E-state index contributed by atoms with van der Waals surface area (Å²) in [6, 6.07) is 0. The zero-order chi connectivity index (χ0) is 16.8. The molecular weight excluding hydrogens is 337 g/mol. The smallest absolute Gasteiger partial charge is 0.0649 e. The number of methoxy groups -OCH3 is 1. The molecule has 0 radical (unpaired) electrons. The van der Waals surface area contributed by atoms with Gasteiger partial charge in [0.2, 0.25) is 0 Å². The lowest BCUT2D eigenvalue weighted by Crippen LogP contribution is -2.33. The number of ether oxygens (including phenoxy) is 1. The minimum Gasteiger partial charge on any atom is -0.396 e. The molecule has 130 valence electrons. The van der Waals surface area contributed by atoms with Crippen molar-refractivity contribution in [3.05, 3.63) is 28.0 Å². The van der Waals surface area contributed by atoms with E-state index in [1.54, 1.807) is 19.5 Å². The second kappa shape index (κ2) is 9.16. The summed E-state index contributed by atoms with van der Waals surface area (Å²) in [6.45, 7) is 5.24. The van der Waals surface area contributed by atoms with E-state index in [-0.39, 0.29) is 12.5 Å². The van der Waals surface area contributed by atoms with Crippen LogP contribution in [0.5, 0.6) is 0 Å². The van der Waals surface area contributed by atoms with Crippen molar-refractivity contribution in [3.63, 3.8) is 0 Å². The van der Waals surface area contributed by atoms with Crippen LogP contribution < -0.4 is 0 Å². The van der Waals surface area contributed by atoms with Gasteiger partial charge in [0, 0.05) is 64.4 Å². The minimum atomic E-state index is 0.205. The highest BCUT2D eigenvalue weighted by molar-refractivity contribution is 6.35. The van der Waals surface area contributed by atoms with Gasteiger partial charge in [-0.25, -0.2) is 0 Å². The molecule has 0 amide bonds. The zero-order valence-corrected chi connectivity index (χ0v) is 15.2. The average molecular weight is 362 g/mol. The second-order valence-corrected chi connectivity index (χ2v) is 7.05. The lowest BCUT2D eigenvalue weighted by Gasteiger charge is -2.23. The summed E-state index contributed by atoms with van der Waals surface area (Å²) in [5.74, 6) is 0.709. The van der Waals surface area contributed by atoms with Crippen molar-refractivity contribution in [3.8, 4) is 0 Å². The number of nitrogens with zero attached hydrogens (tertiary/aromatic N) is 3. The van der Waals surface area contributed by atoms with E-state index >= 15 is 0 Å². The topological polar surface area (TPSA) is 48.8 Å². The van der Waals surface area contributed by atoms with Gasteiger partial charge < -0.3 is 14.7 Å². The van der Waals surface area contributed by atoms with Crippen LogP contribution >= 0.6 is 23.2 Å². The maximum atomic E-state index is 9.69. The van der Waals surface area contributed by atoms with Crippen molar-refractivity contribution in [2.75, 3.05) is 53.6 Å². The predicted molar refractivity (Wildman–Crippen MR) is 93.0 cm³/mol. The fourth-order valence-electron chi connectivity index (χ4n) is 3.13. The molecule has 5 nitrogen and oxygen atoms in total. The summed E-state index contributed by atoms with van der Waals surface area (Å²) >= 11 is 12.4. The first kappa shape index (κ1) is 18.9. The Labute approximate surface area is 148 Å². The van der Waals surface area contributed by atoms with Crippen LogP contribution in [0.25, 0.3) is 0 Å². The van der Waals surface area contributed by atoms with E-state index < -0.39 is 0 Å². The van der Waals surface area contributed by atoms with Gasteiger partial charge in [-0.1, -0.05) is 23.2 Å². The highest BCUT2D eigenvalue weighted by Gasteiger charge is 2.33. The molecule has 1 aliphatic heterocycles. The molecule has 1 aliphatic rings. The van der Waals surface area contributed by atoms with Crippen LogP contribution in [0, 0.1) is 11.8 Å². The Morgan fingerprint density at radius 3 is 2.57 bits per heavy atom. The van der Waals surface area contributed by atoms with Gasteiger partial charge in [-0.05, 0) is 18.9 Å². The largest absolute Gasteiger partial charge is 0.396 e. The van der Waals surface area contributed by atoms with Gasteiger partial charge in [-0.2, -0.15) is 0 Å². The van der Waals surface area contributed by atoms with Crippen molar-refractivity contribution in [1.82, 2.24) is 14.8 Å². The van der Waals surface area contributed by atoms with Crippen molar-refractivity contribution in [2.24, 2.45) is 11.8 Å². The van der Waals surface area contributed by atoms with E-state index in [0.717, 1.165) is 38.3 Å². The summed E-state index contributed by atoms with van der Waals surface area (Å²) in [7, 11) is 3.80. The van der Waals surface area contributed by atoms with E-state index in [1.807, 2.05) is 0 Å². The maximum Gasteiger partial charge on any atom is 0.0649 e. The zero-order valence-electron chi connectivity index (χ0n) is 13.7. The molecule has 0 aliphatic carbocycles. The molecule has 0 bridgehead atoms. The number of pyridine rings is 1. The second-order valence-electron chi connectivity index (χ2n) is 6.23. The number of hydrogen-bond donors (Lipinski definition) is 1. The van der Waals surface area contributed by atoms with Crippen molar-refractivity contribution < 1.29 is 9.84 Å². The standard InChI is InChI=1S/C16H25Cl2N3O2/c1-20(3-4-23-2)7-12-8-21(9-13(12)11-22)10-14-15(17)5-19-6-16(14)18/h5-6,12-13,22H,3-4,7-11H2,1-2H3/t12-,13-/m1/s1. The van der Waals surface area contributed by atoms with Crippen LogP contribution in [0.15, 0.2) is 12.4 Å². The number of aromatic nitrogens is 1. The van der Waals surface area contributed by atoms with E-state index in [0.29, 0.717) is 22.5 Å². The predicted octanol–water partition coefficient (Wildman–Crippen LogP) is 2.01. The molecule has 2 heterocycles. The van der Waals surface area contributed by atoms with E-state index in [2.05, 4.69) is 21.8 Å². The molecule has 2 rings (SSSR count). The van der Waals surface area contributed by atoms with Crippen molar-refractivity contribution in [2.45, 2.75) is 6.54 Å². The molecule has 0 unspecified atom stereocenters. The van der Waals surface area contributed by atoms with Crippen LogP contribution in [0.2, 0.25) is 10.0 Å². The van der Waals surface area contributed by atoms with Gasteiger partial charge in [-0.15, -0.1) is 0 Å². The first-order chi connectivity index (χ1) is 11.0. The van der Waals surface area contributed by atoms with Gasteiger partial charge in [-0.3, -0.25) is 9.88 Å². The third-order valence-electron chi connectivity index (χ3n) is 4.44. The summed E-state index contributed by atoms with van der Waals surface area (Å²) in [4.78, 5) is 8.56. The van der Waals surface area contributed by atoms with Crippen LogP contribution in [0.4, 0.5) is 0 Å². The monoisotopic (exact) mass is 361 g/mol. The number of halogens is 2. The number of hydrogen-bond acceptors (Lipinski definition) is 5. The number of aliphatic hydroxyl groups is 1. The molecule has 0 aromatic carbocycles. The lowest BCUT2D eigenvalue weighted by atomic mass is 9.96.